The summed E-state index contributed by atoms with van der Waals surface area (Å²) in [4.78, 5) is 9.36. The summed E-state index contributed by atoms with van der Waals surface area (Å²) in [5.74, 6) is 0.512. The minimum atomic E-state index is 0.423. The Bertz CT molecular complexity index is 649. The second-order valence-corrected chi connectivity index (χ2v) is 3.87. The maximum atomic E-state index is 5.72. The van der Waals surface area contributed by atoms with E-state index in [1.54, 1.807) is 30.7 Å². The Balaban J connectivity index is 1.97. The quantitative estimate of drug-likeness (QED) is 0.655. The molecule has 3 rings (SSSR count). The van der Waals surface area contributed by atoms with Gasteiger partial charge in [0.25, 0.3) is 0 Å². The Morgan fingerprint density at radius 3 is 2.78 bits per heavy atom. The van der Waals surface area contributed by atoms with Crippen molar-refractivity contribution in [3.8, 4) is 17.1 Å². The lowest BCUT2D eigenvalue weighted by Gasteiger charge is -1.96. The molecule has 0 aliphatic carbocycles. The number of pyridine rings is 2. The average molecular weight is 259 g/mol. The number of tetrazole rings is 1. The monoisotopic (exact) mass is 258 g/mol. The Hall–Kier alpha value is -2.34. The summed E-state index contributed by atoms with van der Waals surface area (Å²) < 4.78 is 0. The molecule has 18 heavy (non-hydrogen) atoms. The fraction of sp³-hybridized carbons (Fsp3) is 0. The van der Waals surface area contributed by atoms with Gasteiger partial charge in [0.1, 0.15) is 10.8 Å². The van der Waals surface area contributed by atoms with Gasteiger partial charge in [0.05, 0.1) is 6.20 Å². The van der Waals surface area contributed by atoms with Gasteiger partial charge < -0.3 is 0 Å². The van der Waals surface area contributed by atoms with Crippen LogP contribution in [0.15, 0.2) is 42.9 Å². The summed E-state index contributed by atoms with van der Waals surface area (Å²) in [7, 11) is 0. The lowest BCUT2D eigenvalue weighted by molar-refractivity contribution is 0.717. The fourth-order valence-corrected chi connectivity index (χ4v) is 1.53. The first kappa shape index (κ1) is 10.8. The van der Waals surface area contributed by atoms with Crippen LogP contribution < -0.4 is 0 Å². The van der Waals surface area contributed by atoms with Crippen LogP contribution >= 0.6 is 11.6 Å². The number of hydrogen-bond acceptors (Lipinski definition) is 5. The number of nitrogens with zero attached hydrogens (tertiary/aromatic N) is 6. The van der Waals surface area contributed by atoms with Crippen molar-refractivity contribution in [1.82, 2.24) is 30.2 Å². The number of hydrogen-bond donors (Lipinski definition) is 0. The Morgan fingerprint density at radius 2 is 2.06 bits per heavy atom. The number of halogens is 1. The van der Waals surface area contributed by atoms with E-state index in [-0.39, 0.29) is 0 Å². The summed E-state index contributed by atoms with van der Waals surface area (Å²) in [6, 6.07) is 7.13. The van der Waals surface area contributed by atoms with Gasteiger partial charge in [0, 0.05) is 18.0 Å². The molecule has 0 unspecified atom stereocenters. The first-order chi connectivity index (χ1) is 8.83. The van der Waals surface area contributed by atoms with Crippen LogP contribution in [0.4, 0.5) is 0 Å². The van der Waals surface area contributed by atoms with Crippen molar-refractivity contribution >= 4 is 11.6 Å². The van der Waals surface area contributed by atoms with Gasteiger partial charge in [-0.15, -0.1) is 15.0 Å². The van der Waals surface area contributed by atoms with Gasteiger partial charge in [-0.1, -0.05) is 11.6 Å². The molecule has 0 spiro atoms. The van der Waals surface area contributed by atoms with Crippen LogP contribution in [0.5, 0.6) is 0 Å². The molecule has 7 heteroatoms. The smallest absolute Gasteiger partial charge is 0.206 e. The van der Waals surface area contributed by atoms with E-state index in [1.807, 2.05) is 12.1 Å². The van der Waals surface area contributed by atoms with E-state index in [9.17, 15) is 0 Å². The molecule has 3 heterocycles. The highest BCUT2D eigenvalue weighted by Gasteiger charge is 2.07. The van der Waals surface area contributed by atoms with Crippen LogP contribution in [-0.2, 0) is 0 Å². The number of rotatable bonds is 2. The summed E-state index contributed by atoms with van der Waals surface area (Å²) in [6.07, 6.45) is 4.95. The molecule has 0 radical (unpaired) electrons. The van der Waals surface area contributed by atoms with Crippen molar-refractivity contribution in [1.29, 1.82) is 0 Å². The van der Waals surface area contributed by atoms with E-state index in [2.05, 4.69) is 25.4 Å². The van der Waals surface area contributed by atoms with E-state index in [1.165, 1.54) is 4.80 Å². The maximum Gasteiger partial charge on any atom is 0.206 e. The predicted molar refractivity (Wildman–Crippen MR) is 65.2 cm³/mol. The van der Waals surface area contributed by atoms with E-state index in [4.69, 9.17) is 11.6 Å². The molecule has 0 amide bonds. The molecule has 0 N–H and O–H groups in total. The van der Waals surface area contributed by atoms with E-state index < -0.39 is 0 Å². The third-order valence-electron chi connectivity index (χ3n) is 2.28. The molecule has 3 aromatic rings. The van der Waals surface area contributed by atoms with Crippen LogP contribution in [0.3, 0.4) is 0 Å². The summed E-state index contributed by atoms with van der Waals surface area (Å²) in [6.45, 7) is 0. The molecule has 88 valence electrons. The summed E-state index contributed by atoms with van der Waals surface area (Å²) in [5, 5.41) is 12.6. The molecule has 0 saturated carbocycles. The molecule has 0 fully saturated rings. The van der Waals surface area contributed by atoms with Crippen LogP contribution in [0.1, 0.15) is 0 Å². The van der Waals surface area contributed by atoms with Gasteiger partial charge in [-0.2, -0.15) is 0 Å². The fourth-order valence-electron chi connectivity index (χ4n) is 1.42. The molecular formula is C11H7ClN6. The molecule has 6 nitrogen and oxygen atoms in total. The van der Waals surface area contributed by atoms with Crippen LogP contribution in [0, 0.1) is 0 Å². The summed E-state index contributed by atoms with van der Waals surface area (Å²) >= 11 is 5.72. The first-order valence-electron chi connectivity index (χ1n) is 5.15. The SMILES string of the molecule is Clc1ccc(-n2nnc(-c3cccnc3)n2)cn1. The van der Waals surface area contributed by atoms with E-state index in [0.717, 1.165) is 5.56 Å². The second kappa shape index (κ2) is 4.50. The van der Waals surface area contributed by atoms with Crippen LogP contribution in [-0.4, -0.2) is 30.2 Å². The zero-order valence-electron chi connectivity index (χ0n) is 9.10. The number of aromatic nitrogens is 6. The minimum Gasteiger partial charge on any atom is -0.264 e. The highest BCUT2D eigenvalue weighted by Crippen LogP contribution is 2.13. The lowest BCUT2D eigenvalue weighted by atomic mass is 10.3. The lowest BCUT2D eigenvalue weighted by Crippen LogP contribution is -1.99. The van der Waals surface area contributed by atoms with Crippen molar-refractivity contribution in [3.05, 3.63) is 48.0 Å². The van der Waals surface area contributed by atoms with Crippen molar-refractivity contribution in [2.24, 2.45) is 0 Å². The largest absolute Gasteiger partial charge is 0.264 e. The molecule has 0 aliphatic heterocycles. The van der Waals surface area contributed by atoms with E-state index in [0.29, 0.717) is 16.7 Å². The van der Waals surface area contributed by atoms with Gasteiger partial charge in [0.2, 0.25) is 5.82 Å². The van der Waals surface area contributed by atoms with Crippen molar-refractivity contribution in [2.45, 2.75) is 0 Å². The second-order valence-electron chi connectivity index (χ2n) is 3.48. The zero-order valence-corrected chi connectivity index (χ0v) is 9.86. The minimum absolute atomic E-state index is 0.423. The molecule has 0 aliphatic rings. The van der Waals surface area contributed by atoms with Crippen molar-refractivity contribution < 1.29 is 0 Å². The van der Waals surface area contributed by atoms with Crippen LogP contribution in [0.2, 0.25) is 5.15 Å². The average Bonchev–Trinajstić information content (AvgIpc) is 2.90. The first-order valence-corrected chi connectivity index (χ1v) is 5.53. The van der Waals surface area contributed by atoms with Gasteiger partial charge in [0.15, 0.2) is 0 Å². The molecule has 3 aromatic heterocycles. The third kappa shape index (κ3) is 2.05. The molecular weight excluding hydrogens is 252 g/mol. The highest BCUT2D eigenvalue weighted by molar-refractivity contribution is 6.29. The Morgan fingerprint density at radius 1 is 1.11 bits per heavy atom. The molecule has 0 saturated heterocycles. The Labute approximate surface area is 107 Å². The molecule has 0 atom stereocenters. The normalized spacial score (nSPS) is 10.5. The van der Waals surface area contributed by atoms with Gasteiger partial charge >= 0.3 is 0 Å². The molecule has 0 bridgehead atoms. The highest BCUT2D eigenvalue weighted by atomic mass is 35.5. The standard InChI is InChI=1S/C11H7ClN6/c12-10-4-3-9(7-14-10)18-16-11(15-17-18)8-2-1-5-13-6-8/h1-7H. The van der Waals surface area contributed by atoms with Crippen molar-refractivity contribution in [2.75, 3.05) is 0 Å². The van der Waals surface area contributed by atoms with Crippen molar-refractivity contribution in [3.63, 3.8) is 0 Å². The van der Waals surface area contributed by atoms with Crippen LogP contribution in [0.25, 0.3) is 17.1 Å². The van der Waals surface area contributed by atoms with Gasteiger partial charge in [-0.3, -0.25) is 4.98 Å². The maximum absolute atomic E-state index is 5.72. The van der Waals surface area contributed by atoms with Gasteiger partial charge in [-0.05, 0) is 29.5 Å². The zero-order chi connectivity index (χ0) is 12.4. The predicted octanol–water partition coefficient (Wildman–Crippen LogP) is 1.77. The van der Waals surface area contributed by atoms with E-state index >= 15 is 0 Å². The molecule has 0 aromatic carbocycles. The topological polar surface area (TPSA) is 69.4 Å². The third-order valence-corrected chi connectivity index (χ3v) is 2.50. The van der Waals surface area contributed by atoms with Gasteiger partial charge in [-0.25, -0.2) is 4.98 Å². The Kier molecular flexibility index (Phi) is 2.70. The summed E-state index contributed by atoms with van der Waals surface area (Å²) in [5.41, 5.74) is 1.51.